The average molecular weight is 552 g/mol. The summed E-state index contributed by atoms with van der Waals surface area (Å²) >= 11 is 1.47. The standard InChI is InChI=1S/C27H25N3O8S/c1-3-35-27(33)30-9-8-16-21(12-30)39-25-22(16)24(31)28-23(29-25)14-4-7-18(19(10-14)34-2)38-26(32)15-5-6-17-20(11-15)37-13-36-17/h4-7,10-11,23,29H,3,8-9,12-13H2,1-2H3,(H,28,31)/t23-/m0/s1. The molecule has 0 aliphatic carbocycles. The van der Waals surface area contributed by atoms with E-state index < -0.39 is 12.1 Å². The zero-order valence-corrected chi connectivity index (χ0v) is 22.0. The van der Waals surface area contributed by atoms with Crippen LogP contribution in [0.2, 0.25) is 0 Å². The number of thiophene rings is 1. The predicted octanol–water partition coefficient (Wildman–Crippen LogP) is 4.07. The molecule has 2 N–H and O–H groups in total. The number of hydrogen-bond acceptors (Lipinski definition) is 10. The SMILES string of the molecule is CCOC(=O)N1CCc2c(sc3c2C(=O)N[C@H](c2ccc(OC(=O)c4ccc5c(c4)OCO5)c(OC)c2)N3)C1. The number of ether oxygens (including phenoxy) is 5. The Labute approximate surface area is 227 Å². The molecule has 3 aliphatic rings. The van der Waals surface area contributed by atoms with Crippen LogP contribution >= 0.6 is 11.3 Å². The molecule has 4 heterocycles. The van der Waals surface area contributed by atoms with E-state index >= 15 is 0 Å². The Morgan fingerprint density at radius 3 is 2.77 bits per heavy atom. The lowest BCUT2D eigenvalue weighted by atomic mass is 10.0. The summed E-state index contributed by atoms with van der Waals surface area (Å²) in [7, 11) is 1.48. The number of fused-ring (bicyclic) bond motifs is 4. The maximum Gasteiger partial charge on any atom is 0.410 e. The molecule has 6 rings (SSSR count). The number of esters is 1. The second kappa shape index (κ2) is 10.0. The van der Waals surface area contributed by atoms with Gasteiger partial charge in [-0.15, -0.1) is 11.3 Å². The molecule has 0 saturated carbocycles. The first-order chi connectivity index (χ1) is 18.9. The molecule has 0 saturated heterocycles. The van der Waals surface area contributed by atoms with Crippen LogP contribution in [0.3, 0.4) is 0 Å². The molecule has 0 fully saturated rings. The van der Waals surface area contributed by atoms with Crippen molar-refractivity contribution in [2.75, 3.05) is 32.4 Å². The van der Waals surface area contributed by atoms with Crippen LogP contribution in [0.15, 0.2) is 36.4 Å². The first kappa shape index (κ1) is 24.9. The number of methoxy groups -OCH3 is 1. The second-order valence-electron chi connectivity index (χ2n) is 9.00. The number of nitrogens with zero attached hydrogens (tertiary/aromatic N) is 1. The van der Waals surface area contributed by atoms with Gasteiger partial charge in [-0.05, 0) is 54.8 Å². The number of carbonyl (C=O) groups excluding carboxylic acids is 3. The maximum absolute atomic E-state index is 13.2. The van der Waals surface area contributed by atoms with Crippen molar-refractivity contribution in [2.24, 2.45) is 0 Å². The molecule has 0 radical (unpaired) electrons. The third kappa shape index (κ3) is 4.56. The van der Waals surface area contributed by atoms with E-state index in [0.29, 0.717) is 60.1 Å². The number of benzene rings is 2. The van der Waals surface area contributed by atoms with Crippen molar-refractivity contribution in [1.82, 2.24) is 10.2 Å². The van der Waals surface area contributed by atoms with Crippen molar-refractivity contribution in [1.29, 1.82) is 0 Å². The van der Waals surface area contributed by atoms with E-state index in [1.807, 2.05) is 0 Å². The van der Waals surface area contributed by atoms with Crippen molar-refractivity contribution in [3.63, 3.8) is 0 Å². The molecule has 3 aromatic rings. The minimum absolute atomic E-state index is 0.108. The monoisotopic (exact) mass is 551 g/mol. The van der Waals surface area contributed by atoms with Crippen molar-refractivity contribution in [3.8, 4) is 23.0 Å². The van der Waals surface area contributed by atoms with Gasteiger partial charge >= 0.3 is 12.1 Å². The molecule has 202 valence electrons. The molecule has 0 bridgehead atoms. The first-order valence-corrected chi connectivity index (χ1v) is 13.2. The molecule has 2 aromatic carbocycles. The third-order valence-corrected chi connectivity index (χ3v) is 7.84. The van der Waals surface area contributed by atoms with E-state index in [0.717, 1.165) is 15.4 Å². The van der Waals surface area contributed by atoms with E-state index in [1.54, 1.807) is 48.2 Å². The summed E-state index contributed by atoms with van der Waals surface area (Å²) in [6, 6.07) is 9.91. The van der Waals surface area contributed by atoms with Gasteiger partial charge in [-0.3, -0.25) is 4.79 Å². The number of amides is 2. The van der Waals surface area contributed by atoms with Crippen molar-refractivity contribution < 1.29 is 38.1 Å². The van der Waals surface area contributed by atoms with Crippen LogP contribution in [0.4, 0.5) is 9.80 Å². The lowest BCUT2D eigenvalue weighted by Gasteiger charge is -2.28. The molecule has 2 amide bonds. The predicted molar refractivity (Wildman–Crippen MR) is 140 cm³/mol. The zero-order valence-electron chi connectivity index (χ0n) is 21.2. The quantitative estimate of drug-likeness (QED) is 0.357. The van der Waals surface area contributed by atoms with Gasteiger partial charge in [0.15, 0.2) is 23.0 Å². The van der Waals surface area contributed by atoms with Gasteiger partial charge in [0.2, 0.25) is 6.79 Å². The minimum Gasteiger partial charge on any atom is -0.493 e. The first-order valence-electron chi connectivity index (χ1n) is 12.4. The number of nitrogens with one attached hydrogen (secondary N) is 2. The molecular formula is C27H25N3O8S. The molecule has 0 spiro atoms. The summed E-state index contributed by atoms with van der Waals surface area (Å²) in [6.07, 6.45) is -0.299. The van der Waals surface area contributed by atoms with Gasteiger partial charge < -0.3 is 39.2 Å². The fourth-order valence-corrected chi connectivity index (χ4v) is 6.07. The fraction of sp³-hybridized carbons (Fsp3) is 0.296. The Bertz CT molecular complexity index is 1490. The van der Waals surface area contributed by atoms with Gasteiger partial charge in [0.1, 0.15) is 11.2 Å². The Morgan fingerprint density at radius 1 is 1.10 bits per heavy atom. The lowest BCUT2D eigenvalue weighted by Crippen LogP contribution is -2.39. The molecule has 11 nitrogen and oxygen atoms in total. The smallest absolute Gasteiger partial charge is 0.410 e. The Balaban J connectivity index is 1.19. The highest BCUT2D eigenvalue weighted by Gasteiger charge is 2.35. The van der Waals surface area contributed by atoms with Gasteiger partial charge in [-0.25, -0.2) is 9.59 Å². The fourth-order valence-electron chi connectivity index (χ4n) is 4.78. The number of anilines is 1. The molecular weight excluding hydrogens is 526 g/mol. The van der Waals surface area contributed by atoms with Gasteiger partial charge in [-0.1, -0.05) is 6.07 Å². The molecule has 12 heteroatoms. The normalized spacial score (nSPS) is 16.9. The van der Waals surface area contributed by atoms with E-state index in [4.69, 9.17) is 23.7 Å². The summed E-state index contributed by atoms with van der Waals surface area (Å²) in [5.74, 6) is 0.856. The average Bonchev–Trinajstić information content (AvgIpc) is 3.57. The second-order valence-corrected chi connectivity index (χ2v) is 10.1. The van der Waals surface area contributed by atoms with Crippen LogP contribution in [-0.4, -0.2) is 49.9 Å². The summed E-state index contributed by atoms with van der Waals surface area (Å²) < 4.78 is 26.8. The highest BCUT2D eigenvalue weighted by Crippen LogP contribution is 2.42. The summed E-state index contributed by atoms with van der Waals surface area (Å²) in [6.45, 7) is 3.10. The third-order valence-electron chi connectivity index (χ3n) is 6.69. The van der Waals surface area contributed by atoms with Crippen LogP contribution in [0.1, 0.15) is 49.8 Å². The van der Waals surface area contributed by atoms with Gasteiger partial charge in [0.25, 0.3) is 5.91 Å². The van der Waals surface area contributed by atoms with Gasteiger partial charge in [-0.2, -0.15) is 0 Å². The van der Waals surface area contributed by atoms with Crippen LogP contribution in [0.25, 0.3) is 0 Å². The largest absolute Gasteiger partial charge is 0.493 e. The zero-order chi connectivity index (χ0) is 27.1. The topological polar surface area (TPSA) is 125 Å². The van der Waals surface area contributed by atoms with Gasteiger partial charge in [0, 0.05) is 11.4 Å². The van der Waals surface area contributed by atoms with E-state index in [9.17, 15) is 14.4 Å². The lowest BCUT2D eigenvalue weighted by molar-refractivity contribution is 0.0728. The molecule has 1 atom stereocenters. The number of rotatable bonds is 5. The summed E-state index contributed by atoms with van der Waals surface area (Å²) in [4.78, 5) is 40.7. The van der Waals surface area contributed by atoms with E-state index in [-0.39, 0.29) is 24.5 Å². The van der Waals surface area contributed by atoms with Crippen LogP contribution in [-0.2, 0) is 17.7 Å². The molecule has 0 unspecified atom stereocenters. The highest BCUT2D eigenvalue weighted by molar-refractivity contribution is 7.16. The maximum atomic E-state index is 13.2. The van der Waals surface area contributed by atoms with Crippen molar-refractivity contribution in [2.45, 2.75) is 26.1 Å². The Hall–Kier alpha value is -4.45. The molecule has 39 heavy (non-hydrogen) atoms. The van der Waals surface area contributed by atoms with Crippen LogP contribution < -0.4 is 29.6 Å². The minimum atomic E-state index is -0.575. The van der Waals surface area contributed by atoms with E-state index in [2.05, 4.69) is 10.6 Å². The molecule has 3 aliphatic heterocycles. The highest BCUT2D eigenvalue weighted by atomic mass is 32.1. The summed E-state index contributed by atoms with van der Waals surface area (Å²) in [5.41, 5.74) is 2.61. The van der Waals surface area contributed by atoms with Gasteiger partial charge in [0.05, 0.1) is 31.4 Å². The number of hydrogen-bond donors (Lipinski definition) is 2. The Kier molecular flexibility index (Phi) is 6.39. The summed E-state index contributed by atoms with van der Waals surface area (Å²) in [5, 5.41) is 7.14. The number of carbonyl (C=O) groups is 3. The van der Waals surface area contributed by atoms with Crippen LogP contribution in [0, 0.1) is 0 Å². The van der Waals surface area contributed by atoms with Crippen molar-refractivity contribution in [3.05, 3.63) is 63.5 Å². The Morgan fingerprint density at radius 2 is 1.95 bits per heavy atom. The van der Waals surface area contributed by atoms with Crippen LogP contribution in [0.5, 0.6) is 23.0 Å². The van der Waals surface area contributed by atoms with Crippen molar-refractivity contribution >= 4 is 34.3 Å². The van der Waals surface area contributed by atoms with E-state index in [1.165, 1.54) is 18.4 Å². The molecule has 1 aromatic heterocycles.